The summed E-state index contributed by atoms with van der Waals surface area (Å²) in [5.41, 5.74) is 6.62. The molecular formula is C17H14N2O3S. The van der Waals surface area contributed by atoms with Crippen LogP contribution in [0.5, 0.6) is 0 Å². The molecule has 0 saturated heterocycles. The predicted octanol–water partition coefficient (Wildman–Crippen LogP) is 2.24. The lowest BCUT2D eigenvalue weighted by atomic mass is 10.1. The fourth-order valence-electron chi connectivity index (χ4n) is 2.89. The number of rotatable bonds is 3. The third kappa shape index (κ3) is 2.26. The van der Waals surface area contributed by atoms with Gasteiger partial charge in [-0.3, -0.25) is 4.79 Å². The van der Waals surface area contributed by atoms with Gasteiger partial charge in [0.2, 0.25) is 0 Å². The van der Waals surface area contributed by atoms with Crippen molar-refractivity contribution in [1.82, 2.24) is 4.98 Å². The first-order chi connectivity index (χ1) is 10.8. The number of hydrogen-bond donors (Lipinski definition) is 1. The first kappa shape index (κ1) is 14.1. The van der Waals surface area contributed by atoms with Crippen LogP contribution in [-0.4, -0.2) is 25.6 Å². The molecule has 5 nitrogen and oxygen atoms in total. The van der Waals surface area contributed by atoms with Crippen molar-refractivity contribution in [2.75, 3.05) is 11.6 Å². The minimum atomic E-state index is -3.36. The molecule has 116 valence electrons. The molecule has 4 rings (SSSR count). The zero-order chi connectivity index (χ0) is 16.4. The van der Waals surface area contributed by atoms with Gasteiger partial charge in [-0.25, -0.2) is 13.4 Å². The summed E-state index contributed by atoms with van der Waals surface area (Å²) < 4.78 is 23.0. The molecule has 0 aromatic carbocycles. The molecular weight excluding hydrogens is 312 g/mol. The SMILES string of the molecule is Cc1cc(S(C)(=O)=O)ncc1NC(=O)C1=C2C=C3CC3=C2C=C1. The Bertz CT molecular complexity index is 1010. The van der Waals surface area contributed by atoms with Crippen LogP contribution < -0.4 is 5.32 Å². The minimum Gasteiger partial charge on any atom is -0.320 e. The molecule has 1 saturated carbocycles. The van der Waals surface area contributed by atoms with E-state index in [0.717, 1.165) is 23.8 Å². The van der Waals surface area contributed by atoms with Gasteiger partial charge in [-0.05, 0) is 59.4 Å². The van der Waals surface area contributed by atoms with Crippen LogP contribution >= 0.6 is 0 Å². The summed E-state index contributed by atoms with van der Waals surface area (Å²) in [6.45, 7) is 1.74. The van der Waals surface area contributed by atoms with Crippen LogP contribution in [0.1, 0.15) is 12.0 Å². The topological polar surface area (TPSA) is 76.1 Å². The van der Waals surface area contributed by atoms with Crippen LogP contribution in [0.3, 0.4) is 0 Å². The number of nitrogens with zero attached hydrogens (tertiary/aromatic N) is 1. The van der Waals surface area contributed by atoms with Gasteiger partial charge in [0.15, 0.2) is 14.9 Å². The molecule has 0 radical (unpaired) electrons. The van der Waals surface area contributed by atoms with Gasteiger partial charge in [0.05, 0.1) is 11.9 Å². The summed E-state index contributed by atoms with van der Waals surface area (Å²) in [7, 11) is -3.36. The number of amides is 1. The van der Waals surface area contributed by atoms with Gasteiger partial charge in [0.1, 0.15) is 0 Å². The molecule has 6 heteroatoms. The number of carbonyl (C=O) groups is 1. The van der Waals surface area contributed by atoms with Gasteiger partial charge in [0, 0.05) is 11.8 Å². The van der Waals surface area contributed by atoms with E-state index in [1.54, 1.807) is 6.92 Å². The average molecular weight is 326 g/mol. The number of allylic oxidation sites excluding steroid dienone is 6. The molecule has 0 aliphatic heterocycles. The van der Waals surface area contributed by atoms with Crippen molar-refractivity contribution in [3.63, 3.8) is 0 Å². The van der Waals surface area contributed by atoms with E-state index in [-0.39, 0.29) is 10.9 Å². The normalized spacial score (nSPS) is 18.1. The van der Waals surface area contributed by atoms with Crippen molar-refractivity contribution in [1.29, 1.82) is 0 Å². The Hall–Kier alpha value is -2.47. The molecule has 0 unspecified atom stereocenters. The van der Waals surface area contributed by atoms with E-state index in [1.807, 2.05) is 12.2 Å². The standard InChI is InChI=1S/C17H14N2O3S/c1-9-5-16(23(2,21)22)18-8-15(9)19-17(20)12-4-3-11-13-6-10(13)7-14(11)12/h3-5,7-8H,6H2,1-2H3,(H,19,20). The monoisotopic (exact) mass is 326 g/mol. The van der Waals surface area contributed by atoms with Crippen molar-refractivity contribution in [3.8, 4) is 0 Å². The zero-order valence-corrected chi connectivity index (χ0v) is 13.5. The van der Waals surface area contributed by atoms with Crippen molar-refractivity contribution < 1.29 is 13.2 Å². The highest BCUT2D eigenvalue weighted by molar-refractivity contribution is 7.90. The van der Waals surface area contributed by atoms with E-state index in [1.165, 1.54) is 23.4 Å². The zero-order valence-electron chi connectivity index (χ0n) is 12.7. The molecule has 0 atom stereocenters. The maximum Gasteiger partial charge on any atom is 0.256 e. The highest BCUT2D eigenvalue weighted by Gasteiger charge is 2.35. The van der Waals surface area contributed by atoms with Crippen molar-refractivity contribution in [2.45, 2.75) is 18.4 Å². The Labute approximate surface area is 134 Å². The third-order valence-corrected chi connectivity index (χ3v) is 5.21. The fraction of sp³-hybridized carbons (Fsp3) is 0.176. The maximum atomic E-state index is 12.5. The first-order valence-electron chi connectivity index (χ1n) is 7.19. The predicted molar refractivity (Wildman–Crippen MR) is 86.6 cm³/mol. The molecule has 1 aromatic rings. The van der Waals surface area contributed by atoms with E-state index in [2.05, 4.69) is 16.4 Å². The minimum absolute atomic E-state index is 0.00317. The number of nitrogens with one attached hydrogen (secondary N) is 1. The first-order valence-corrected chi connectivity index (χ1v) is 9.08. The molecule has 1 heterocycles. The van der Waals surface area contributed by atoms with Crippen molar-refractivity contribution >= 4 is 21.4 Å². The molecule has 1 amide bonds. The molecule has 3 aliphatic rings. The third-order valence-electron chi connectivity index (χ3n) is 4.23. The van der Waals surface area contributed by atoms with Gasteiger partial charge in [-0.15, -0.1) is 0 Å². The van der Waals surface area contributed by atoms with Gasteiger partial charge in [-0.1, -0.05) is 6.08 Å². The lowest BCUT2D eigenvalue weighted by Crippen LogP contribution is -2.15. The highest BCUT2D eigenvalue weighted by Crippen LogP contribution is 2.51. The van der Waals surface area contributed by atoms with Crippen molar-refractivity contribution in [2.24, 2.45) is 0 Å². The van der Waals surface area contributed by atoms with Crippen LogP contribution in [0.4, 0.5) is 5.69 Å². The number of aryl methyl sites for hydroxylation is 1. The van der Waals surface area contributed by atoms with E-state index >= 15 is 0 Å². The van der Waals surface area contributed by atoms with E-state index in [0.29, 0.717) is 16.8 Å². The molecule has 3 aliphatic carbocycles. The summed E-state index contributed by atoms with van der Waals surface area (Å²) in [6.07, 6.45) is 9.40. The number of fused-ring (bicyclic) bond motifs is 2. The lowest BCUT2D eigenvalue weighted by molar-refractivity contribution is -0.112. The number of hydrogen-bond acceptors (Lipinski definition) is 4. The van der Waals surface area contributed by atoms with Gasteiger partial charge >= 0.3 is 0 Å². The van der Waals surface area contributed by atoms with Crippen LogP contribution in [0.2, 0.25) is 0 Å². The Morgan fingerprint density at radius 3 is 2.74 bits per heavy atom. The summed E-state index contributed by atoms with van der Waals surface area (Å²) in [4.78, 5) is 16.4. The van der Waals surface area contributed by atoms with E-state index in [9.17, 15) is 13.2 Å². The van der Waals surface area contributed by atoms with Crippen LogP contribution in [0.25, 0.3) is 0 Å². The van der Waals surface area contributed by atoms with Crippen LogP contribution in [0.15, 0.2) is 63.4 Å². The molecule has 1 N–H and O–H groups in total. The summed E-state index contributed by atoms with van der Waals surface area (Å²) in [5, 5.41) is 2.82. The summed E-state index contributed by atoms with van der Waals surface area (Å²) in [5.74, 6) is -0.206. The summed E-state index contributed by atoms with van der Waals surface area (Å²) >= 11 is 0. The largest absolute Gasteiger partial charge is 0.320 e. The average Bonchev–Trinajstić information content (AvgIpc) is 2.95. The Kier molecular flexibility index (Phi) is 2.78. The Balaban J connectivity index is 1.61. The number of sulfone groups is 1. The molecule has 0 spiro atoms. The van der Waals surface area contributed by atoms with E-state index < -0.39 is 9.84 Å². The Morgan fingerprint density at radius 2 is 2.04 bits per heavy atom. The van der Waals surface area contributed by atoms with Gasteiger partial charge < -0.3 is 5.32 Å². The quantitative estimate of drug-likeness (QED) is 0.924. The van der Waals surface area contributed by atoms with Crippen LogP contribution in [0, 0.1) is 6.92 Å². The number of anilines is 1. The second-order valence-electron chi connectivity index (χ2n) is 5.96. The number of pyridine rings is 1. The number of aromatic nitrogens is 1. The van der Waals surface area contributed by atoms with E-state index in [4.69, 9.17) is 0 Å². The van der Waals surface area contributed by atoms with Gasteiger partial charge in [0.25, 0.3) is 5.91 Å². The van der Waals surface area contributed by atoms with Gasteiger partial charge in [-0.2, -0.15) is 0 Å². The molecule has 1 aromatic heterocycles. The number of carbonyl (C=O) groups excluding carboxylic acids is 1. The molecule has 23 heavy (non-hydrogen) atoms. The summed E-state index contributed by atoms with van der Waals surface area (Å²) in [6, 6.07) is 1.47. The molecule has 1 fully saturated rings. The van der Waals surface area contributed by atoms with Crippen molar-refractivity contribution in [3.05, 3.63) is 63.9 Å². The smallest absolute Gasteiger partial charge is 0.256 e. The van der Waals surface area contributed by atoms with Crippen LogP contribution in [-0.2, 0) is 14.6 Å². The lowest BCUT2D eigenvalue weighted by Gasteiger charge is -2.10. The molecule has 0 bridgehead atoms. The second-order valence-corrected chi connectivity index (χ2v) is 7.93. The Morgan fingerprint density at radius 1 is 1.26 bits per heavy atom. The maximum absolute atomic E-state index is 12.5. The second kappa shape index (κ2) is 4.52. The highest BCUT2D eigenvalue weighted by atomic mass is 32.2. The fourth-order valence-corrected chi connectivity index (χ4v) is 3.52.